The molecule has 0 amide bonds. The summed E-state index contributed by atoms with van der Waals surface area (Å²) in [5, 5.41) is 0. The Morgan fingerprint density at radius 3 is 2.73 bits per heavy atom. The van der Waals surface area contributed by atoms with Crippen molar-refractivity contribution in [3.8, 4) is 11.5 Å². The van der Waals surface area contributed by atoms with Crippen molar-refractivity contribution in [2.75, 3.05) is 6.54 Å². The van der Waals surface area contributed by atoms with Crippen LogP contribution in [0.4, 0.5) is 8.78 Å². The van der Waals surface area contributed by atoms with E-state index < -0.39 is 6.29 Å². The first-order chi connectivity index (χ1) is 10.5. The zero-order chi connectivity index (χ0) is 15.4. The maximum atomic E-state index is 13.1. The minimum Gasteiger partial charge on any atom is -0.395 e. The summed E-state index contributed by atoms with van der Waals surface area (Å²) in [4.78, 5) is 0.926. The lowest BCUT2D eigenvalue weighted by molar-refractivity contribution is -0.286. The van der Waals surface area contributed by atoms with Crippen LogP contribution < -0.4 is 9.47 Å². The lowest BCUT2D eigenvalue weighted by Crippen LogP contribution is -2.31. The average Bonchev–Trinajstić information content (AvgIpc) is 2.94. The highest BCUT2D eigenvalue weighted by Crippen LogP contribution is 2.53. The van der Waals surface area contributed by atoms with Crippen LogP contribution in [0.2, 0.25) is 0 Å². The van der Waals surface area contributed by atoms with Gasteiger partial charge in [0.1, 0.15) is 0 Å². The molecule has 4 rings (SSSR count). The largest absolute Gasteiger partial charge is 0.586 e. The molecule has 120 valence electrons. The molecule has 0 aromatic heterocycles. The van der Waals surface area contributed by atoms with Crippen LogP contribution in [-0.4, -0.2) is 23.2 Å². The van der Waals surface area contributed by atoms with Crippen molar-refractivity contribution >= 4 is 11.9 Å². The van der Waals surface area contributed by atoms with Gasteiger partial charge in [-0.1, -0.05) is 13.3 Å². The predicted octanol–water partition coefficient (Wildman–Crippen LogP) is 4.67. The van der Waals surface area contributed by atoms with Crippen molar-refractivity contribution in [3.63, 3.8) is 0 Å². The van der Waals surface area contributed by atoms with Gasteiger partial charge in [-0.25, -0.2) is 4.31 Å². The number of hydrogen-bond donors (Lipinski definition) is 0. The first kappa shape index (κ1) is 14.6. The highest BCUT2D eigenvalue weighted by molar-refractivity contribution is 7.97. The van der Waals surface area contributed by atoms with Gasteiger partial charge in [0, 0.05) is 17.5 Å². The molecule has 1 aromatic rings. The first-order valence-electron chi connectivity index (χ1n) is 7.83. The summed E-state index contributed by atoms with van der Waals surface area (Å²) in [5.74, 6) is 0.235. The quantitative estimate of drug-likeness (QED) is 0.752. The minimum atomic E-state index is -3.54. The van der Waals surface area contributed by atoms with E-state index in [1.807, 2.05) is 6.07 Å². The van der Waals surface area contributed by atoms with E-state index in [1.54, 1.807) is 24.1 Å². The summed E-state index contributed by atoms with van der Waals surface area (Å²) in [5.41, 5.74) is 0.511. The monoisotopic (exact) mass is 327 g/mol. The molecule has 1 atom stereocenters. The Kier molecular flexibility index (Phi) is 3.31. The molecule has 0 N–H and O–H groups in total. The van der Waals surface area contributed by atoms with Crippen LogP contribution in [0.25, 0.3) is 0 Å². The molecule has 3 nitrogen and oxygen atoms in total. The fourth-order valence-corrected chi connectivity index (χ4v) is 5.01. The SMILES string of the molecule is CCC1CC2(CCC2)CN1Sc1ccc2c(c1)OC(F)(F)O2. The molecule has 22 heavy (non-hydrogen) atoms. The lowest BCUT2D eigenvalue weighted by atomic mass is 9.67. The van der Waals surface area contributed by atoms with Gasteiger partial charge in [-0.05, 0) is 61.2 Å². The molecule has 1 aliphatic carbocycles. The van der Waals surface area contributed by atoms with Crippen molar-refractivity contribution in [2.45, 2.75) is 56.3 Å². The van der Waals surface area contributed by atoms with E-state index in [2.05, 4.69) is 20.7 Å². The summed E-state index contributed by atoms with van der Waals surface area (Å²) in [7, 11) is 0. The second-order valence-corrected chi connectivity index (χ2v) is 7.69. The van der Waals surface area contributed by atoms with E-state index in [1.165, 1.54) is 25.7 Å². The van der Waals surface area contributed by atoms with E-state index in [0.717, 1.165) is 17.9 Å². The number of hydrogen-bond acceptors (Lipinski definition) is 4. The van der Waals surface area contributed by atoms with Gasteiger partial charge in [-0.3, -0.25) is 0 Å². The van der Waals surface area contributed by atoms with Crippen molar-refractivity contribution in [3.05, 3.63) is 18.2 Å². The zero-order valence-electron chi connectivity index (χ0n) is 12.5. The van der Waals surface area contributed by atoms with E-state index in [9.17, 15) is 8.78 Å². The van der Waals surface area contributed by atoms with Gasteiger partial charge in [-0.2, -0.15) is 0 Å². The number of fused-ring (bicyclic) bond motifs is 1. The van der Waals surface area contributed by atoms with Crippen molar-refractivity contribution < 1.29 is 18.3 Å². The Morgan fingerprint density at radius 2 is 2.05 bits per heavy atom. The molecule has 3 aliphatic rings. The van der Waals surface area contributed by atoms with E-state index in [-0.39, 0.29) is 11.5 Å². The Labute approximate surface area is 133 Å². The Bertz CT molecular complexity index is 592. The molecule has 1 saturated heterocycles. The van der Waals surface area contributed by atoms with Crippen LogP contribution in [0.15, 0.2) is 23.1 Å². The third-order valence-electron chi connectivity index (χ3n) is 5.05. The number of ether oxygens (including phenoxy) is 2. The van der Waals surface area contributed by atoms with Gasteiger partial charge in [0.25, 0.3) is 0 Å². The van der Waals surface area contributed by atoms with E-state index in [0.29, 0.717) is 11.5 Å². The summed E-state index contributed by atoms with van der Waals surface area (Å²) >= 11 is 1.65. The second kappa shape index (κ2) is 4.99. The summed E-state index contributed by atoms with van der Waals surface area (Å²) in [6.45, 7) is 3.32. The highest BCUT2D eigenvalue weighted by atomic mass is 32.2. The molecule has 1 unspecified atom stereocenters. The smallest absolute Gasteiger partial charge is 0.395 e. The number of nitrogens with zero attached hydrogens (tertiary/aromatic N) is 1. The van der Waals surface area contributed by atoms with Crippen LogP contribution in [0.1, 0.15) is 39.0 Å². The number of halogens is 2. The molecule has 1 aromatic carbocycles. The molecule has 2 aliphatic heterocycles. The van der Waals surface area contributed by atoms with Crippen molar-refractivity contribution in [1.82, 2.24) is 4.31 Å². The Hall–Kier alpha value is -1.01. The summed E-state index contributed by atoms with van der Waals surface area (Å²) in [6.07, 6.45) is 2.84. The van der Waals surface area contributed by atoms with Crippen LogP contribution in [0, 0.1) is 5.41 Å². The number of rotatable bonds is 3. The topological polar surface area (TPSA) is 21.7 Å². The third-order valence-corrected chi connectivity index (χ3v) is 6.17. The van der Waals surface area contributed by atoms with Crippen LogP contribution in [0.5, 0.6) is 11.5 Å². The zero-order valence-corrected chi connectivity index (χ0v) is 13.3. The van der Waals surface area contributed by atoms with Gasteiger partial charge in [0.15, 0.2) is 11.5 Å². The summed E-state index contributed by atoms with van der Waals surface area (Å²) in [6, 6.07) is 5.61. The van der Waals surface area contributed by atoms with E-state index >= 15 is 0 Å². The Morgan fingerprint density at radius 1 is 1.27 bits per heavy atom. The fraction of sp³-hybridized carbons (Fsp3) is 0.625. The molecule has 1 spiro atoms. The molecule has 2 heterocycles. The average molecular weight is 327 g/mol. The first-order valence-corrected chi connectivity index (χ1v) is 8.60. The third kappa shape index (κ3) is 2.46. The van der Waals surface area contributed by atoms with Crippen LogP contribution in [-0.2, 0) is 0 Å². The molecule has 2 fully saturated rings. The van der Waals surface area contributed by atoms with Gasteiger partial charge in [-0.15, -0.1) is 8.78 Å². The Balaban J connectivity index is 1.50. The van der Waals surface area contributed by atoms with Crippen LogP contribution >= 0.6 is 11.9 Å². The maximum Gasteiger partial charge on any atom is 0.586 e. The molecular weight excluding hydrogens is 308 g/mol. The normalized spacial score (nSPS) is 28.0. The van der Waals surface area contributed by atoms with Gasteiger partial charge >= 0.3 is 6.29 Å². The maximum absolute atomic E-state index is 13.1. The van der Waals surface area contributed by atoms with Gasteiger partial charge in [0.05, 0.1) is 0 Å². The highest BCUT2D eigenvalue weighted by Gasteiger charge is 2.47. The molecular formula is C16H19F2NO2S. The predicted molar refractivity (Wildman–Crippen MR) is 80.2 cm³/mol. The lowest BCUT2D eigenvalue weighted by Gasteiger charge is -2.38. The van der Waals surface area contributed by atoms with Gasteiger partial charge in [0.2, 0.25) is 0 Å². The summed E-state index contributed by atoms with van der Waals surface area (Å²) < 4.78 is 37.6. The number of alkyl halides is 2. The molecule has 0 radical (unpaired) electrons. The fourth-order valence-electron chi connectivity index (χ4n) is 3.74. The standard InChI is InChI=1S/C16H19F2NO2S/c1-2-11-9-15(6-3-7-15)10-19(11)22-12-4-5-13-14(8-12)21-16(17,18)20-13/h4-5,8,11H,2-3,6-7,9-10H2,1H3. The molecule has 0 bridgehead atoms. The van der Waals surface area contributed by atoms with Gasteiger partial charge < -0.3 is 9.47 Å². The van der Waals surface area contributed by atoms with Crippen molar-refractivity contribution in [2.24, 2.45) is 5.41 Å². The minimum absolute atomic E-state index is 0.110. The second-order valence-electron chi connectivity index (χ2n) is 6.56. The molecule has 1 saturated carbocycles. The van der Waals surface area contributed by atoms with E-state index in [4.69, 9.17) is 0 Å². The number of benzene rings is 1. The van der Waals surface area contributed by atoms with Crippen molar-refractivity contribution in [1.29, 1.82) is 0 Å². The van der Waals surface area contributed by atoms with Crippen LogP contribution in [0.3, 0.4) is 0 Å². The molecule has 6 heteroatoms.